The zero-order chi connectivity index (χ0) is 11.1. The van der Waals surface area contributed by atoms with Gasteiger partial charge in [0.15, 0.2) is 0 Å². The molecule has 15 heavy (non-hydrogen) atoms. The van der Waals surface area contributed by atoms with E-state index in [1.165, 1.54) is 11.8 Å². The van der Waals surface area contributed by atoms with E-state index in [4.69, 9.17) is 10.3 Å². The van der Waals surface area contributed by atoms with Crippen molar-refractivity contribution < 1.29 is 9.21 Å². The van der Waals surface area contributed by atoms with E-state index in [-0.39, 0.29) is 5.91 Å². The lowest BCUT2D eigenvalue weighted by Crippen LogP contribution is -2.29. The normalized spacial score (nSPS) is 10.3. The molecule has 0 spiro atoms. The molecule has 0 aromatic carbocycles. The van der Waals surface area contributed by atoms with Crippen LogP contribution in [0.1, 0.15) is 25.2 Å². The largest absolute Gasteiger partial charge is 0.416 e. The van der Waals surface area contributed by atoms with Gasteiger partial charge in [-0.15, -0.1) is 10.2 Å². The summed E-state index contributed by atoms with van der Waals surface area (Å²) in [7, 11) is 0. The summed E-state index contributed by atoms with van der Waals surface area (Å²) < 4.78 is 5.17. The molecule has 0 bridgehead atoms. The van der Waals surface area contributed by atoms with Crippen LogP contribution in [0, 0.1) is 6.92 Å². The fraction of sp³-hybridized carbons (Fsp3) is 0.625. The quantitative estimate of drug-likeness (QED) is 0.245. The van der Waals surface area contributed by atoms with Crippen molar-refractivity contribution in [3.05, 3.63) is 5.89 Å². The Bertz CT molecular complexity index is 315. The highest BCUT2D eigenvalue weighted by atomic mass is 32.2. The average Bonchev–Trinajstić information content (AvgIpc) is 2.63. The van der Waals surface area contributed by atoms with Crippen molar-refractivity contribution in [3.63, 3.8) is 0 Å². The standard InChI is InChI=1S/C8H14N4O2S/c1-6-11-12-8(14-6)15-5-3-2-4-7(13)10-9/h2-5,9H2,1H3,(H,10,13). The molecule has 7 heteroatoms. The predicted molar refractivity (Wildman–Crippen MR) is 55.9 cm³/mol. The number of aromatic nitrogens is 2. The third-order valence-corrected chi connectivity index (χ3v) is 2.60. The summed E-state index contributed by atoms with van der Waals surface area (Å²) in [6.07, 6.45) is 2.18. The van der Waals surface area contributed by atoms with Crippen molar-refractivity contribution in [2.24, 2.45) is 5.84 Å². The van der Waals surface area contributed by atoms with Crippen LogP contribution in [0.3, 0.4) is 0 Å². The van der Waals surface area contributed by atoms with Gasteiger partial charge in [0.1, 0.15) is 0 Å². The minimum Gasteiger partial charge on any atom is -0.416 e. The van der Waals surface area contributed by atoms with Crippen LogP contribution in [-0.2, 0) is 4.79 Å². The molecule has 0 saturated heterocycles. The number of carbonyl (C=O) groups excluding carboxylic acids is 1. The molecule has 3 N–H and O–H groups in total. The predicted octanol–water partition coefficient (Wildman–Crippen LogP) is 0.630. The van der Waals surface area contributed by atoms with Gasteiger partial charge in [-0.05, 0) is 12.8 Å². The Balaban J connectivity index is 2.05. The molecule has 1 amide bonds. The van der Waals surface area contributed by atoms with E-state index >= 15 is 0 Å². The highest BCUT2D eigenvalue weighted by Gasteiger charge is 2.03. The molecule has 84 valence electrons. The number of nitrogens with one attached hydrogen (secondary N) is 1. The topological polar surface area (TPSA) is 94.0 Å². The van der Waals surface area contributed by atoms with Gasteiger partial charge in [0, 0.05) is 19.1 Å². The van der Waals surface area contributed by atoms with Gasteiger partial charge in [0.2, 0.25) is 11.8 Å². The van der Waals surface area contributed by atoms with Crippen molar-refractivity contribution in [2.45, 2.75) is 31.4 Å². The van der Waals surface area contributed by atoms with Crippen LogP contribution in [0.15, 0.2) is 9.64 Å². The van der Waals surface area contributed by atoms with E-state index < -0.39 is 0 Å². The minimum absolute atomic E-state index is 0.131. The van der Waals surface area contributed by atoms with Crippen molar-refractivity contribution in [2.75, 3.05) is 5.75 Å². The van der Waals surface area contributed by atoms with Gasteiger partial charge in [-0.1, -0.05) is 11.8 Å². The number of carbonyl (C=O) groups is 1. The molecule has 0 radical (unpaired) electrons. The molecule has 0 aliphatic heterocycles. The van der Waals surface area contributed by atoms with Gasteiger partial charge in [-0.25, -0.2) is 5.84 Å². The van der Waals surface area contributed by atoms with E-state index in [2.05, 4.69) is 15.6 Å². The summed E-state index contributed by atoms with van der Waals surface area (Å²) in [6, 6.07) is 0. The van der Waals surface area contributed by atoms with Crippen LogP contribution in [0.2, 0.25) is 0 Å². The fourth-order valence-corrected chi connectivity index (χ4v) is 1.76. The summed E-state index contributed by atoms with van der Waals surface area (Å²) >= 11 is 1.50. The molecule has 1 aromatic heterocycles. The van der Waals surface area contributed by atoms with Crippen LogP contribution in [-0.4, -0.2) is 21.9 Å². The minimum atomic E-state index is -0.131. The first-order chi connectivity index (χ1) is 7.22. The Kier molecular flexibility index (Phi) is 5.13. The molecule has 0 aliphatic carbocycles. The van der Waals surface area contributed by atoms with Crippen molar-refractivity contribution in [1.29, 1.82) is 0 Å². The molecule has 1 heterocycles. The van der Waals surface area contributed by atoms with Gasteiger partial charge in [-0.3, -0.25) is 10.2 Å². The van der Waals surface area contributed by atoms with Crippen molar-refractivity contribution in [3.8, 4) is 0 Å². The van der Waals surface area contributed by atoms with Gasteiger partial charge in [0.25, 0.3) is 5.22 Å². The maximum absolute atomic E-state index is 10.8. The molecule has 6 nitrogen and oxygen atoms in total. The Labute approximate surface area is 92.0 Å². The van der Waals surface area contributed by atoms with Crippen LogP contribution in [0.4, 0.5) is 0 Å². The van der Waals surface area contributed by atoms with Crippen LogP contribution in [0.5, 0.6) is 0 Å². The second-order valence-electron chi connectivity index (χ2n) is 2.96. The Morgan fingerprint density at radius 2 is 2.33 bits per heavy atom. The zero-order valence-electron chi connectivity index (χ0n) is 8.52. The summed E-state index contributed by atoms with van der Waals surface area (Å²) in [5.41, 5.74) is 2.09. The maximum atomic E-state index is 10.8. The lowest BCUT2D eigenvalue weighted by atomic mass is 10.2. The molecule has 0 saturated carbocycles. The van der Waals surface area contributed by atoms with Crippen molar-refractivity contribution in [1.82, 2.24) is 15.6 Å². The number of aryl methyl sites for hydroxylation is 1. The van der Waals surface area contributed by atoms with Crippen molar-refractivity contribution >= 4 is 17.7 Å². The number of hydrogen-bond donors (Lipinski definition) is 2. The average molecular weight is 230 g/mol. The van der Waals surface area contributed by atoms with Crippen LogP contribution in [0.25, 0.3) is 0 Å². The molecule has 1 rings (SSSR count). The first kappa shape index (κ1) is 12.0. The van der Waals surface area contributed by atoms with E-state index in [9.17, 15) is 4.79 Å². The highest BCUT2D eigenvalue weighted by Crippen LogP contribution is 2.17. The zero-order valence-corrected chi connectivity index (χ0v) is 9.34. The van der Waals surface area contributed by atoms with E-state index in [1.807, 2.05) is 0 Å². The van der Waals surface area contributed by atoms with Crippen LogP contribution >= 0.6 is 11.8 Å². The summed E-state index contributed by atoms with van der Waals surface area (Å²) in [5, 5.41) is 8.13. The molecular weight excluding hydrogens is 216 g/mol. The highest BCUT2D eigenvalue weighted by molar-refractivity contribution is 7.99. The SMILES string of the molecule is Cc1nnc(SCCCCC(=O)NN)o1. The summed E-state index contributed by atoms with van der Waals surface area (Å²) in [4.78, 5) is 10.8. The lowest BCUT2D eigenvalue weighted by molar-refractivity contribution is -0.121. The monoisotopic (exact) mass is 230 g/mol. The van der Waals surface area contributed by atoms with Gasteiger partial charge in [-0.2, -0.15) is 0 Å². The third kappa shape index (κ3) is 4.80. The number of hydrogen-bond acceptors (Lipinski definition) is 6. The fourth-order valence-electron chi connectivity index (χ4n) is 0.956. The van der Waals surface area contributed by atoms with Crippen LogP contribution < -0.4 is 11.3 Å². The number of unbranched alkanes of at least 4 members (excludes halogenated alkanes) is 1. The van der Waals surface area contributed by atoms with E-state index in [0.717, 1.165) is 18.6 Å². The first-order valence-electron chi connectivity index (χ1n) is 4.64. The van der Waals surface area contributed by atoms with E-state index in [1.54, 1.807) is 6.92 Å². The van der Waals surface area contributed by atoms with Gasteiger partial charge in [0.05, 0.1) is 0 Å². The second kappa shape index (κ2) is 6.41. The second-order valence-corrected chi connectivity index (χ2v) is 4.01. The molecular formula is C8H14N4O2S. The Hall–Kier alpha value is -1.08. The number of hydrazine groups is 1. The molecule has 0 unspecified atom stereocenters. The Morgan fingerprint density at radius 3 is 2.93 bits per heavy atom. The molecule has 0 aliphatic rings. The summed E-state index contributed by atoms with van der Waals surface area (Å²) in [6.45, 7) is 1.75. The smallest absolute Gasteiger partial charge is 0.276 e. The third-order valence-electron chi connectivity index (χ3n) is 1.69. The number of nitrogens with two attached hydrogens (primary N) is 1. The number of nitrogens with zero attached hydrogens (tertiary/aromatic N) is 2. The lowest BCUT2D eigenvalue weighted by Gasteiger charge is -1.98. The van der Waals surface area contributed by atoms with Gasteiger partial charge >= 0.3 is 0 Å². The maximum Gasteiger partial charge on any atom is 0.276 e. The first-order valence-corrected chi connectivity index (χ1v) is 5.63. The Morgan fingerprint density at radius 1 is 1.53 bits per heavy atom. The van der Waals surface area contributed by atoms with Gasteiger partial charge < -0.3 is 4.42 Å². The summed E-state index contributed by atoms with van der Waals surface area (Å²) in [5.74, 6) is 6.24. The number of rotatable bonds is 6. The molecule has 0 fully saturated rings. The number of thioether (sulfide) groups is 1. The van der Waals surface area contributed by atoms with E-state index in [0.29, 0.717) is 17.5 Å². The molecule has 0 atom stereocenters. The number of amides is 1. The molecule has 1 aromatic rings.